The van der Waals surface area contributed by atoms with Crippen molar-refractivity contribution in [2.75, 3.05) is 4.90 Å². The Morgan fingerprint density at radius 1 is 1.21 bits per heavy atom. The fourth-order valence-corrected chi connectivity index (χ4v) is 5.11. The highest BCUT2D eigenvalue weighted by Crippen LogP contribution is 2.39. The summed E-state index contributed by atoms with van der Waals surface area (Å²) >= 11 is 0. The summed E-state index contributed by atoms with van der Waals surface area (Å²) in [6.07, 6.45) is 6.21. The van der Waals surface area contributed by atoms with E-state index in [-0.39, 0.29) is 29.7 Å². The van der Waals surface area contributed by atoms with Crippen molar-refractivity contribution in [3.8, 4) is 28.4 Å². The molecule has 2 aliphatic heterocycles. The largest absolute Gasteiger partial charge is 0.507 e. The Morgan fingerprint density at radius 2 is 2.12 bits per heavy atom. The van der Waals surface area contributed by atoms with Gasteiger partial charge in [0.1, 0.15) is 17.6 Å². The summed E-state index contributed by atoms with van der Waals surface area (Å²) in [6, 6.07) is 4.79. The summed E-state index contributed by atoms with van der Waals surface area (Å²) in [7, 11) is 0. The number of rotatable bonds is 5. The lowest BCUT2D eigenvalue weighted by Gasteiger charge is -2.46. The van der Waals surface area contributed by atoms with Gasteiger partial charge in [-0.25, -0.2) is 9.37 Å². The smallest absolute Gasteiger partial charge is 0.245 e. The normalized spacial score (nSPS) is 28.6. The molecule has 0 amide bonds. The minimum atomic E-state index is -2.54. The number of anilines is 1. The van der Waals surface area contributed by atoms with Gasteiger partial charge in [0.2, 0.25) is 11.8 Å². The molecule has 1 saturated carbocycles. The van der Waals surface area contributed by atoms with Crippen LogP contribution in [0.15, 0.2) is 24.4 Å². The minimum absolute atomic E-state index is 0.0696. The highest BCUT2D eigenvalue weighted by Gasteiger charge is 2.47. The quantitative estimate of drug-likeness (QED) is 0.597. The van der Waals surface area contributed by atoms with Gasteiger partial charge in [0.15, 0.2) is 0 Å². The average molecular weight is 455 g/mol. The summed E-state index contributed by atoms with van der Waals surface area (Å²) < 4.78 is 37.5. The fraction of sp³-hybridized carbons (Fsp3) is 0.545. The van der Waals surface area contributed by atoms with Crippen LogP contribution in [0.3, 0.4) is 0 Å². The third-order valence-corrected chi connectivity index (χ3v) is 6.82. The molecule has 0 radical (unpaired) electrons. The van der Waals surface area contributed by atoms with Crippen molar-refractivity contribution in [2.24, 2.45) is 6.98 Å². The molecule has 2 aromatic heterocycles. The van der Waals surface area contributed by atoms with Crippen LogP contribution >= 0.6 is 0 Å². The molecule has 2 bridgehead atoms. The van der Waals surface area contributed by atoms with Gasteiger partial charge in [0.25, 0.3) is 0 Å². The molecule has 1 aliphatic carbocycles. The van der Waals surface area contributed by atoms with Gasteiger partial charge >= 0.3 is 0 Å². The summed E-state index contributed by atoms with van der Waals surface area (Å²) in [4.78, 5) is 7.10. The van der Waals surface area contributed by atoms with E-state index in [0.29, 0.717) is 33.6 Å². The third kappa shape index (κ3) is 3.79. The molecule has 0 spiro atoms. The molecule has 3 aromatic rings. The number of hydrogen-bond donors (Lipinski definition) is 2. The van der Waals surface area contributed by atoms with E-state index in [4.69, 9.17) is 4.11 Å². The van der Waals surface area contributed by atoms with E-state index in [1.165, 1.54) is 12.3 Å². The maximum atomic E-state index is 15.4. The number of aromatic hydroxyl groups is 1. The number of nitrogens with one attached hydrogen (secondary N) is 1. The second-order valence-electron chi connectivity index (χ2n) is 9.06. The summed E-state index contributed by atoms with van der Waals surface area (Å²) in [5.41, 5.74) is 1.15. The van der Waals surface area contributed by atoms with Crippen LogP contribution < -0.4 is 10.2 Å². The molecule has 2 saturated heterocycles. The molecule has 3 fully saturated rings. The molecule has 1 aromatic carbocycles. The molecule has 3 aliphatic rings. The zero-order valence-corrected chi connectivity index (χ0v) is 17.8. The Morgan fingerprint density at radius 3 is 2.85 bits per heavy atom. The Balaban J connectivity index is 1.24. The van der Waals surface area contributed by atoms with E-state index in [0.717, 1.165) is 38.5 Å². The number of phenolic OH excluding ortho intramolecular Hbond substituents is 1. The van der Waals surface area contributed by atoms with Crippen LogP contribution in [0.1, 0.15) is 42.6 Å². The molecule has 4 heterocycles. The van der Waals surface area contributed by atoms with Crippen molar-refractivity contribution in [1.82, 2.24) is 40.7 Å². The van der Waals surface area contributed by atoms with Gasteiger partial charge in [-0.1, -0.05) is 12.5 Å². The molecule has 0 unspecified atom stereocenters. The lowest BCUT2D eigenvalue weighted by molar-refractivity contribution is 0.103. The second kappa shape index (κ2) is 7.98. The summed E-state index contributed by atoms with van der Waals surface area (Å²) in [6.45, 7) is -2.54. The van der Waals surface area contributed by atoms with Crippen LogP contribution in [0.4, 0.5) is 10.3 Å². The number of piperidine rings is 2. The Hall–Kier alpha value is -3.21. The SMILES string of the molecule is [2H]C([2H])([2H])n1nnc(-c2ccc(-c3cnc(N(C4CC4)[C@H]4C[C@@H]5CCC[C@H](N5)[C@H]4F)nn3)c(O)c2)n1. The molecular weight excluding hydrogens is 425 g/mol. The first-order chi connectivity index (χ1) is 17.3. The monoisotopic (exact) mass is 454 g/mol. The first kappa shape index (κ1) is 17.3. The highest BCUT2D eigenvalue weighted by molar-refractivity contribution is 5.71. The number of aromatic nitrogens is 7. The number of nitrogens with zero attached hydrogens (tertiary/aromatic N) is 8. The van der Waals surface area contributed by atoms with E-state index in [1.807, 2.05) is 4.90 Å². The minimum Gasteiger partial charge on any atom is -0.507 e. The third-order valence-electron chi connectivity index (χ3n) is 6.82. The number of tetrazole rings is 1. The lowest BCUT2D eigenvalue weighted by atomic mass is 9.82. The second-order valence-corrected chi connectivity index (χ2v) is 9.06. The molecule has 172 valence electrons. The van der Waals surface area contributed by atoms with Crippen LogP contribution in [0.2, 0.25) is 0 Å². The van der Waals surface area contributed by atoms with E-state index < -0.39 is 13.1 Å². The number of hydrogen-bond acceptors (Lipinski definition) is 9. The fourth-order valence-electron chi connectivity index (χ4n) is 5.11. The number of aryl methyl sites for hydroxylation is 1. The summed E-state index contributed by atoms with van der Waals surface area (Å²) in [5.74, 6) is 0.367. The Kier molecular flexibility index (Phi) is 4.18. The van der Waals surface area contributed by atoms with Crippen LogP contribution in [0.25, 0.3) is 22.6 Å². The van der Waals surface area contributed by atoms with Crippen molar-refractivity contribution < 1.29 is 13.6 Å². The number of alkyl halides is 1. The van der Waals surface area contributed by atoms with Gasteiger partial charge in [-0.15, -0.1) is 20.4 Å². The molecule has 4 atom stereocenters. The highest BCUT2D eigenvalue weighted by atomic mass is 19.1. The van der Waals surface area contributed by atoms with E-state index >= 15 is 4.39 Å². The van der Waals surface area contributed by atoms with Crippen LogP contribution in [0, 0.1) is 0 Å². The molecule has 10 nitrogen and oxygen atoms in total. The number of benzene rings is 1. The van der Waals surface area contributed by atoms with Gasteiger partial charge in [0.05, 0.1) is 19.2 Å². The first-order valence-corrected chi connectivity index (χ1v) is 11.3. The average Bonchev–Trinajstić information content (AvgIpc) is 3.55. The predicted molar refractivity (Wildman–Crippen MR) is 118 cm³/mol. The van der Waals surface area contributed by atoms with Crippen molar-refractivity contribution in [2.45, 2.75) is 68.9 Å². The maximum Gasteiger partial charge on any atom is 0.245 e. The van der Waals surface area contributed by atoms with Crippen LogP contribution in [-0.2, 0) is 6.98 Å². The van der Waals surface area contributed by atoms with Gasteiger partial charge in [-0.2, -0.15) is 4.80 Å². The van der Waals surface area contributed by atoms with Gasteiger partial charge in [0, 0.05) is 33.4 Å². The summed E-state index contributed by atoms with van der Waals surface area (Å²) in [5, 5.41) is 33.8. The van der Waals surface area contributed by atoms with Gasteiger partial charge in [-0.3, -0.25) is 0 Å². The van der Waals surface area contributed by atoms with E-state index in [2.05, 4.69) is 35.9 Å². The van der Waals surface area contributed by atoms with Crippen molar-refractivity contribution in [3.05, 3.63) is 24.4 Å². The molecule has 6 rings (SSSR count). The first-order valence-electron chi connectivity index (χ1n) is 12.8. The van der Waals surface area contributed by atoms with Crippen molar-refractivity contribution in [3.63, 3.8) is 0 Å². The predicted octanol–water partition coefficient (Wildman–Crippen LogP) is 2.02. The molecular formula is C22H26FN9O. The van der Waals surface area contributed by atoms with Crippen molar-refractivity contribution in [1.29, 1.82) is 0 Å². The Bertz CT molecular complexity index is 1250. The zero-order valence-electron chi connectivity index (χ0n) is 20.8. The standard InChI is InChI=1S/C22H26FN9O/c1-31-29-21(27-30-31)12-5-8-15(19(33)9-12)17-11-24-22(28-26-17)32(14-6-7-14)18-10-13-3-2-4-16(25-13)20(18)23/h5,8-9,11,13-14,16,18,20,25,33H,2-4,6-7,10H2,1H3/t13-,16-,18-,20+/m0/s1/i1D3. The molecule has 11 heteroatoms. The number of fused-ring (bicyclic) bond motifs is 2. The molecule has 33 heavy (non-hydrogen) atoms. The zero-order chi connectivity index (χ0) is 25.0. The topological polar surface area (TPSA) is 118 Å². The lowest BCUT2D eigenvalue weighted by Crippen LogP contribution is -2.62. The van der Waals surface area contributed by atoms with E-state index in [9.17, 15) is 5.11 Å². The number of phenols is 1. The van der Waals surface area contributed by atoms with Crippen LogP contribution in [0.5, 0.6) is 5.75 Å². The molecule has 2 N–H and O–H groups in total. The van der Waals surface area contributed by atoms with Gasteiger partial charge < -0.3 is 15.3 Å². The van der Waals surface area contributed by atoms with Gasteiger partial charge in [-0.05, 0) is 49.5 Å². The van der Waals surface area contributed by atoms with E-state index in [1.54, 1.807) is 12.1 Å². The number of halogens is 1. The maximum absolute atomic E-state index is 15.4. The van der Waals surface area contributed by atoms with Crippen molar-refractivity contribution >= 4 is 5.95 Å². The van der Waals surface area contributed by atoms with Crippen LogP contribution in [-0.4, -0.2) is 70.8 Å². The Labute approximate surface area is 194 Å².